The third kappa shape index (κ3) is 2.79. The number of likely N-dealkylation sites (tertiary alicyclic amines) is 1. The zero-order valence-corrected chi connectivity index (χ0v) is 14.8. The average molecular weight is 345 g/mol. The van der Waals surface area contributed by atoms with Gasteiger partial charge in [-0.2, -0.15) is 0 Å². The van der Waals surface area contributed by atoms with E-state index in [-0.39, 0.29) is 5.92 Å². The summed E-state index contributed by atoms with van der Waals surface area (Å²) in [6.07, 6.45) is 3.91. The molecule has 2 heterocycles. The van der Waals surface area contributed by atoms with E-state index in [1.807, 2.05) is 6.07 Å². The van der Waals surface area contributed by atoms with Crippen LogP contribution in [-0.2, 0) is 17.8 Å². The van der Waals surface area contributed by atoms with Gasteiger partial charge in [0.05, 0.1) is 11.0 Å². The Bertz CT molecular complexity index is 942. The Balaban J connectivity index is 1.47. The summed E-state index contributed by atoms with van der Waals surface area (Å²) in [6.45, 7) is 1.73. The second-order valence-electron chi connectivity index (χ2n) is 7.52. The smallest absolute Gasteiger partial charge is 0.223 e. The fourth-order valence-electron chi connectivity index (χ4n) is 4.17. The number of nitrogens with zero attached hydrogens (tertiary/aromatic N) is 3. The molecule has 4 nitrogen and oxygen atoms in total. The van der Waals surface area contributed by atoms with Crippen molar-refractivity contribution >= 4 is 16.9 Å². The van der Waals surface area contributed by atoms with Crippen molar-refractivity contribution in [3.8, 4) is 0 Å². The van der Waals surface area contributed by atoms with Gasteiger partial charge in [0, 0.05) is 31.5 Å². The normalized spacial score (nSPS) is 20.2. The molecule has 0 radical (unpaired) electrons. The molecule has 2 fully saturated rings. The molecule has 5 rings (SSSR count). The van der Waals surface area contributed by atoms with Gasteiger partial charge in [-0.05, 0) is 37.0 Å². The van der Waals surface area contributed by atoms with Crippen LogP contribution >= 0.6 is 0 Å². The maximum Gasteiger partial charge on any atom is 0.223 e. The quantitative estimate of drug-likeness (QED) is 0.706. The lowest BCUT2D eigenvalue weighted by Gasteiger charge is -2.16. The lowest BCUT2D eigenvalue weighted by atomic mass is 10.1. The number of fused-ring (bicyclic) bond motifs is 1. The third-order valence-electron chi connectivity index (χ3n) is 5.66. The summed E-state index contributed by atoms with van der Waals surface area (Å²) < 4.78 is 2.34. The predicted octanol–water partition coefficient (Wildman–Crippen LogP) is 3.76. The van der Waals surface area contributed by atoms with Crippen LogP contribution < -0.4 is 0 Å². The highest BCUT2D eigenvalue weighted by molar-refractivity contribution is 5.81. The Morgan fingerprint density at radius 1 is 1.00 bits per heavy atom. The van der Waals surface area contributed by atoms with Crippen LogP contribution in [0.25, 0.3) is 11.0 Å². The Kier molecular flexibility index (Phi) is 3.77. The van der Waals surface area contributed by atoms with Crippen LogP contribution in [-0.4, -0.2) is 32.9 Å². The van der Waals surface area contributed by atoms with Gasteiger partial charge in [-0.25, -0.2) is 4.98 Å². The minimum Gasteiger partial charge on any atom is -0.339 e. The number of carbonyl (C=O) groups is 1. The van der Waals surface area contributed by atoms with Gasteiger partial charge < -0.3 is 9.47 Å². The molecule has 0 bridgehead atoms. The molecule has 1 amide bonds. The lowest BCUT2D eigenvalue weighted by molar-refractivity contribution is -0.128. The number of hydrogen-bond donors (Lipinski definition) is 0. The first kappa shape index (κ1) is 15.6. The van der Waals surface area contributed by atoms with Gasteiger partial charge in [0.1, 0.15) is 5.82 Å². The number of rotatable bonds is 5. The van der Waals surface area contributed by atoms with E-state index in [0.29, 0.717) is 18.4 Å². The van der Waals surface area contributed by atoms with E-state index in [0.717, 1.165) is 30.9 Å². The lowest BCUT2D eigenvalue weighted by Crippen LogP contribution is -2.27. The molecular weight excluding hydrogens is 322 g/mol. The summed E-state index contributed by atoms with van der Waals surface area (Å²) in [4.78, 5) is 19.5. The first-order valence-electron chi connectivity index (χ1n) is 9.58. The summed E-state index contributed by atoms with van der Waals surface area (Å²) in [7, 11) is 0. The molecule has 2 aliphatic rings. The number of para-hydroxylation sites is 2. The van der Waals surface area contributed by atoms with Crippen LogP contribution in [0, 0.1) is 0 Å². The van der Waals surface area contributed by atoms with Crippen molar-refractivity contribution in [1.82, 2.24) is 14.5 Å². The molecule has 1 saturated heterocycles. The number of carbonyl (C=O) groups excluding carboxylic acids is 1. The van der Waals surface area contributed by atoms with Crippen LogP contribution in [0.15, 0.2) is 54.6 Å². The topological polar surface area (TPSA) is 38.1 Å². The van der Waals surface area contributed by atoms with Crippen LogP contribution in [0.3, 0.4) is 0 Å². The van der Waals surface area contributed by atoms with E-state index >= 15 is 0 Å². The van der Waals surface area contributed by atoms with Crippen molar-refractivity contribution in [2.75, 3.05) is 6.54 Å². The number of aromatic nitrogens is 2. The summed E-state index contributed by atoms with van der Waals surface area (Å²) >= 11 is 0. The summed E-state index contributed by atoms with van der Waals surface area (Å²) in [6, 6.07) is 19.4. The van der Waals surface area contributed by atoms with Crippen molar-refractivity contribution in [3.05, 3.63) is 66.0 Å². The Morgan fingerprint density at radius 3 is 2.58 bits per heavy atom. The summed E-state index contributed by atoms with van der Waals surface area (Å²) in [5.41, 5.74) is 3.54. The van der Waals surface area contributed by atoms with Gasteiger partial charge >= 0.3 is 0 Å². The second-order valence-corrected chi connectivity index (χ2v) is 7.52. The average Bonchev–Trinajstić information content (AvgIpc) is 3.34. The Hall–Kier alpha value is -2.62. The van der Waals surface area contributed by atoms with Gasteiger partial charge in [0.25, 0.3) is 0 Å². The molecule has 4 heteroatoms. The molecule has 1 aliphatic carbocycles. The molecule has 132 valence electrons. The molecule has 1 aromatic heterocycles. The molecule has 0 N–H and O–H groups in total. The molecule has 1 aliphatic heterocycles. The van der Waals surface area contributed by atoms with Crippen LogP contribution in [0.2, 0.25) is 0 Å². The molecular formula is C22H23N3O. The fraction of sp³-hybridized carbons (Fsp3) is 0.364. The maximum atomic E-state index is 12.4. The predicted molar refractivity (Wildman–Crippen MR) is 102 cm³/mol. The minimum absolute atomic E-state index is 0.214. The van der Waals surface area contributed by atoms with Crippen LogP contribution in [0.5, 0.6) is 0 Å². The van der Waals surface area contributed by atoms with Crippen LogP contribution in [0.4, 0.5) is 0 Å². The molecule has 1 saturated carbocycles. The summed E-state index contributed by atoms with van der Waals surface area (Å²) in [5, 5.41) is 0. The number of amides is 1. The van der Waals surface area contributed by atoms with Crippen molar-refractivity contribution in [2.24, 2.45) is 0 Å². The number of imidazole rings is 1. The first-order valence-corrected chi connectivity index (χ1v) is 9.58. The molecule has 26 heavy (non-hydrogen) atoms. The highest BCUT2D eigenvalue weighted by atomic mass is 16.2. The maximum absolute atomic E-state index is 12.4. The van der Waals surface area contributed by atoms with Gasteiger partial charge in [0.15, 0.2) is 0 Å². The van der Waals surface area contributed by atoms with E-state index in [1.54, 1.807) is 0 Å². The van der Waals surface area contributed by atoms with Crippen molar-refractivity contribution in [1.29, 1.82) is 0 Å². The number of benzene rings is 2. The zero-order chi connectivity index (χ0) is 17.5. The first-order chi connectivity index (χ1) is 12.8. The third-order valence-corrected chi connectivity index (χ3v) is 5.66. The molecule has 1 atom stereocenters. The second kappa shape index (κ2) is 6.27. The zero-order valence-electron chi connectivity index (χ0n) is 14.8. The molecule has 3 aromatic rings. The number of aryl methyl sites for hydroxylation is 2. The highest BCUT2D eigenvalue weighted by Crippen LogP contribution is 2.37. The van der Waals surface area contributed by atoms with Crippen molar-refractivity contribution in [3.63, 3.8) is 0 Å². The Labute approximate surface area is 153 Å². The van der Waals surface area contributed by atoms with Gasteiger partial charge in [-0.15, -0.1) is 0 Å². The molecule has 2 aromatic carbocycles. The fourth-order valence-corrected chi connectivity index (χ4v) is 4.17. The minimum atomic E-state index is 0.214. The van der Waals surface area contributed by atoms with Gasteiger partial charge in [-0.3, -0.25) is 4.79 Å². The monoisotopic (exact) mass is 345 g/mol. The SMILES string of the molecule is O=C1CC(c2nc3ccccc3n2CCc2ccccc2)CN1C1CC1. The summed E-state index contributed by atoms with van der Waals surface area (Å²) in [5.74, 6) is 1.60. The number of hydrogen-bond acceptors (Lipinski definition) is 2. The highest BCUT2D eigenvalue weighted by Gasteiger charge is 2.41. The van der Waals surface area contributed by atoms with E-state index in [2.05, 4.69) is 58.0 Å². The van der Waals surface area contributed by atoms with E-state index < -0.39 is 0 Å². The molecule has 1 unspecified atom stereocenters. The van der Waals surface area contributed by atoms with E-state index in [9.17, 15) is 4.79 Å². The van der Waals surface area contributed by atoms with Gasteiger partial charge in [-0.1, -0.05) is 42.5 Å². The van der Waals surface area contributed by atoms with E-state index in [1.165, 1.54) is 23.9 Å². The van der Waals surface area contributed by atoms with Crippen LogP contribution in [0.1, 0.15) is 36.6 Å². The standard InChI is InChI=1S/C22H23N3O/c26-21-14-17(15-25(21)18-10-11-18)22-23-19-8-4-5-9-20(19)24(22)13-12-16-6-2-1-3-7-16/h1-9,17-18H,10-15H2. The largest absolute Gasteiger partial charge is 0.339 e. The molecule has 0 spiro atoms. The van der Waals surface area contributed by atoms with Crippen molar-refractivity contribution < 1.29 is 4.79 Å². The van der Waals surface area contributed by atoms with E-state index in [4.69, 9.17) is 4.98 Å². The van der Waals surface area contributed by atoms with Gasteiger partial charge in [0.2, 0.25) is 5.91 Å². The Morgan fingerprint density at radius 2 is 1.77 bits per heavy atom. The van der Waals surface area contributed by atoms with Crippen molar-refractivity contribution in [2.45, 2.75) is 44.2 Å².